The number of carbonyl (C=O) groups excluding carboxylic acids is 2. The second-order valence-electron chi connectivity index (χ2n) is 9.21. The van der Waals surface area contributed by atoms with Crippen LogP contribution in [0, 0.1) is 0 Å². The molecule has 1 heterocycles. The molecule has 2 aliphatic rings. The fourth-order valence-corrected chi connectivity index (χ4v) is 5.05. The molecule has 0 radical (unpaired) electrons. The van der Waals surface area contributed by atoms with Gasteiger partial charge in [0.25, 0.3) is 0 Å². The Morgan fingerprint density at radius 2 is 1.78 bits per heavy atom. The van der Waals surface area contributed by atoms with Crippen LogP contribution >= 0.6 is 23.2 Å². The Morgan fingerprint density at radius 1 is 1.00 bits per heavy atom. The average Bonchev–Trinajstić information content (AvgIpc) is 3.20. The number of ether oxygens (including phenoxy) is 3. The number of rotatable bonds is 8. The molecule has 0 aromatic heterocycles. The Labute approximate surface area is 225 Å². The molecule has 1 unspecified atom stereocenters. The van der Waals surface area contributed by atoms with Crippen LogP contribution in [0.4, 0.5) is 0 Å². The van der Waals surface area contributed by atoms with Gasteiger partial charge in [0, 0.05) is 39.8 Å². The number of fused-ring (bicyclic) bond motifs is 1. The van der Waals surface area contributed by atoms with Crippen molar-refractivity contribution in [2.75, 3.05) is 13.2 Å². The number of ketones is 2. The van der Waals surface area contributed by atoms with Crippen LogP contribution in [0.3, 0.4) is 0 Å². The van der Waals surface area contributed by atoms with Crippen molar-refractivity contribution in [1.82, 2.24) is 0 Å². The van der Waals surface area contributed by atoms with Crippen molar-refractivity contribution in [2.45, 2.75) is 38.6 Å². The van der Waals surface area contributed by atoms with Gasteiger partial charge in [0.1, 0.15) is 19.0 Å². The van der Waals surface area contributed by atoms with E-state index in [4.69, 9.17) is 37.4 Å². The molecule has 3 aromatic carbocycles. The summed E-state index contributed by atoms with van der Waals surface area (Å²) in [5, 5.41) is 1.05. The quantitative estimate of drug-likeness (QED) is 0.226. The molecule has 3 aromatic rings. The lowest BCUT2D eigenvalue weighted by atomic mass is 10.1. The first kappa shape index (κ1) is 25.7. The maximum Gasteiger partial charge on any atom is 0.189 e. The monoisotopic (exact) mass is 536 g/mol. The number of benzene rings is 3. The first-order valence-electron chi connectivity index (χ1n) is 12.3. The van der Waals surface area contributed by atoms with Crippen LogP contribution in [0.2, 0.25) is 10.0 Å². The van der Waals surface area contributed by atoms with Gasteiger partial charge in [-0.15, -0.1) is 0 Å². The van der Waals surface area contributed by atoms with Gasteiger partial charge in [0.05, 0.1) is 0 Å². The van der Waals surface area contributed by atoms with Crippen molar-refractivity contribution in [2.24, 2.45) is 0 Å². The van der Waals surface area contributed by atoms with Crippen molar-refractivity contribution < 1.29 is 23.8 Å². The molecule has 1 atom stereocenters. The van der Waals surface area contributed by atoms with E-state index in [1.54, 1.807) is 42.5 Å². The van der Waals surface area contributed by atoms with Crippen LogP contribution in [0.5, 0.6) is 5.75 Å². The molecule has 0 N–H and O–H groups in total. The highest BCUT2D eigenvalue weighted by Gasteiger charge is 2.25. The second-order valence-corrected chi connectivity index (χ2v) is 10.1. The van der Waals surface area contributed by atoms with E-state index in [0.717, 1.165) is 36.0 Å². The summed E-state index contributed by atoms with van der Waals surface area (Å²) in [7, 11) is 0. The highest BCUT2D eigenvalue weighted by atomic mass is 35.5. The Bertz CT molecular complexity index is 1320. The van der Waals surface area contributed by atoms with Crippen LogP contribution in [-0.4, -0.2) is 31.1 Å². The van der Waals surface area contributed by atoms with E-state index in [-0.39, 0.29) is 24.5 Å². The molecule has 0 saturated carbocycles. The molecular formula is C30H26Cl2O5. The molecule has 5 nitrogen and oxygen atoms in total. The summed E-state index contributed by atoms with van der Waals surface area (Å²) in [6.07, 6.45) is 4.99. The summed E-state index contributed by atoms with van der Waals surface area (Å²) in [6, 6.07) is 18.0. The lowest BCUT2D eigenvalue weighted by Gasteiger charge is -2.22. The first-order valence-corrected chi connectivity index (χ1v) is 13.0. The molecule has 1 aliphatic heterocycles. The smallest absolute Gasteiger partial charge is 0.189 e. The summed E-state index contributed by atoms with van der Waals surface area (Å²) >= 11 is 12.2. The third-order valence-corrected chi connectivity index (χ3v) is 6.88. The standard InChI is InChI=1S/C30H26Cl2O5/c31-24-12-20(13-25(32)16-24)11-23-14-22-15-26(8-9-27(22)30(23)34)36-17-19-4-6-21(7-5-19)28(33)18-37-29-3-1-2-10-35-29/h4-9,11-13,15-16,29H,1-3,10,14,17-18H2/b23-11+. The number of Topliss-reactive ketones (excluding diaryl/α,β-unsaturated/α-hetero) is 2. The van der Waals surface area contributed by atoms with Gasteiger partial charge in [-0.3, -0.25) is 9.59 Å². The molecular weight excluding hydrogens is 511 g/mol. The molecule has 1 fully saturated rings. The maximum atomic E-state index is 12.9. The van der Waals surface area contributed by atoms with E-state index in [2.05, 4.69) is 0 Å². The second kappa shape index (κ2) is 11.6. The van der Waals surface area contributed by atoms with Gasteiger partial charge >= 0.3 is 0 Å². The minimum atomic E-state index is -0.283. The van der Waals surface area contributed by atoms with Crippen molar-refractivity contribution in [3.63, 3.8) is 0 Å². The van der Waals surface area contributed by atoms with Crippen molar-refractivity contribution >= 4 is 40.8 Å². The molecule has 37 heavy (non-hydrogen) atoms. The number of carbonyl (C=O) groups is 2. The molecule has 190 valence electrons. The van der Waals surface area contributed by atoms with E-state index < -0.39 is 0 Å². The van der Waals surface area contributed by atoms with Gasteiger partial charge in [-0.2, -0.15) is 0 Å². The van der Waals surface area contributed by atoms with Crippen molar-refractivity contribution in [3.05, 3.63) is 104 Å². The Morgan fingerprint density at radius 3 is 2.51 bits per heavy atom. The van der Waals surface area contributed by atoms with Crippen molar-refractivity contribution in [1.29, 1.82) is 0 Å². The van der Waals surface area contributed by atoms with Crippen LogP contribution in [-0.2, 0) is 22.5 Å². The Kier molecular flexibility index (Phi) is 8.06. The zero-order chi connectivity index (χ0) is 25.8. The van der Waals surface area contributed by atoms with Gasteiger partial charge in [-0.1, -0.05) is 47.5 Å². The predicted molar refractivity (Wildman–Crippen MR) is 144 cm³/mol. The summed E-state index contributed by atoms with van der Waals surface area (Å²) in [6.45, 7) is 1.04. The summed E-state index contributed by atoms with van der Waals surface area (Å²) in [4.78, 5) is 25.3. The lowest BCUT2D eigenvalue weighted by molar-refractivity contribution is -0.155. The molecule has 1 aliphatic carbocycles. The summed E-state index contributed by atoms with van der Waals surface area (Å²) < 4.78 is 17.1. The highest BCUT2D eigenvalue weighted by Crippen LogP contribution is 2.32. The fraction of sp³-hybridized carbons (Fsp3) is 0.267. The van der Waals surface area contributed by atoms with E-state index >= 15 is 0 Å². The van der Waals surface area contributed by atoms with Gasteiger partial charge in [0.15, 0.2) is 17.9 Å². The molecule has 5 rings (SSSR count). The first-order chi connectivity index (χ1) is 17.9. The van der Waals surface area contributed by atoms with E-state index in [0.29, 0.717) is 52.1 Å². The summed E-state index contributed by atoms with van der Waals surface area (Å²) in [5.74, 6) is 0.602. The van der Waals surface area contributed by atoms with Gasteiger partial charge in [0.2, 0.25) is 0 Å². The van der Waals surface area contributed by atoms with Crippen LogP contribution in [0.15, 0.2) is 66.2 Å². The number of halogens is 2. The molecule has 7 heteroatoms. The molecule has 0 spiro atoms. The maximum absolute atomic E-state index is 12.9. The topological polar surface area (TPSA) is 61.8 Å². The van der Waals surface area contributed by atoms with Crippen LogP contribution < -0.4 is 4.74 Å². The van der Waals surface area contributed by atoms with E-state index in [1.807, 2.05) is 24.3 Å². The Balaban J connectivity index is 1.17. The fourth-order valence-electron chi connectivity index (χ4n) is 4.51. The van der Waals surface area contributed by atoms with Gasteiger partial charge < -0.3 is 14.2 Å². The molecule has 0 bridgehead atoms. The highest BCUT2D eigenvalue weighted by molar-refractivity contribution is 6.34. The third-order valence-electron chi connectivity index (χ3n) is 6.44. The van der Waals surface area contributed by atoms with Crippen LogP contribution in [0.1, 0.15) is 56.7 Å². The summed E-state index contributed by atoms with van der Waals surface area (Å²) in [5.41, 5.74) is 4.60. The number of hydrogen-bond acceptors (Lipinski definition) is 5. The normalized spacial score (nSPS) is 18.2. The minimum Gasteiger partial charge on any atom is -0.489 e. The Hall–Kier alpha value is -2.96. The predicted octanol–water partition coefficient (Wildman–Crippen LogP) is 7.12. The largest absolute Gasteiger partial charge is 0.489 e. The lowest BCUT2D eigenvalue weighted by Crippen LogP contribution is -2.25. The average molecular weight is 537 g/mol. The number of hydrogen-bond donors (Lipinski definition) is 0. The SMILES string of the molecule is O=C(COC1CCCCO1)c1ccc(COc2ccc3c(c2)C/C(=C\c2cc(Cl)cc(Cl)c2)C3=O)cc1. The van der Waals surface area contributed by atoms with E-state index in [1.165, 1.54) is 0 Å². The number of allylic oxidation sites excluding steroid dienone is 1. The van der Waals surface area contributed by atoms with E-state index in [9.17, 15) is 9.59 Å². The van der Waals surface area contributed by atoms with Gasteiger partial charge in [-0.05, 0) is 78.4 Å². The van der Waals surface area contributed by atoms with Crippen LogP contribution in [0.25, 0.3) is 6.08 Å². The van der Waals surface area contributed by atoms with Crippen molar-refractivity contribution in [3.8, 4) is 5.75 Å². The minimum absolute atomic E-state index is 0.00284. The molecule has 1 saturated heterocycles. The van der Waals surface area contributed by atoms with Gasteiger partial charge in [-0.25, -0.2) is 0 Å². The molecule has 0 amide bonds. The zero-order valence-corrected chi connectivity index (χ0v) is 21.7. The zero-order valence-electron chi connectivity index (χ0n) is 20.2. The third kappa shape index (κ3) is 6.49.